The highest BCUT2D eigenvalue weighted by Gasteiger charge is 2.18. The molecule has 1 unspecified atom stereocenters. The van der Waals surface area contributed by atoms with E-state index >= 15 is 0 Å². The van der Waals surface area contributed by atoms with E-state index in [0.29, 0.717) is 25.3 Å². The molecule has 0 radical (unpaired) electrons. The number of nitrogens with zero attached hydrogens (tertiary/aromatic N) is 2. The summed E-state index contributed by atoms with van der Waals surface area (Å²) in [7, 11) is 1.60. The van der Waals surface area contributed by atoms with Crippen molar-refractivity contribution >= 4 is 33.3 Å². The van der Waals surface area contributed by atoms with Crippen LogP contribution in [-0.2, 0) is 9.53 Å². The first kappa shape index (κ1) is 13.7. The van der Waals surface area contributed by atoms with Gasteiger partial charge in [0.05, 0.1) is 10.2 Å². The fraction of sp³-hybridized carbons (Fsp3) is 0.417. The Labute approximate surface area is 114 Å². The number of carboxylic acids is 1. The topological polar surface area (TPSA) is 84.3 Å². The van der Waals surface area contributed by atoms with Crippen molar-refractivity contribution in [2.24, 2.45) is 0 Å². The zero-order valence-electron chi connectivity index (χ0n) is 10.5. The molecule has 0 spiro atoms. The lowest BCUT2D eigenvalue weighted by molar-refractivity contribution is -0.138. The van der Waals surface area contributed by atoms with Crippen molar-refractivity contribution in [2.45, 2.75) is 18.9 Å². The van der Waals surface area contributed by atoms with Gasteiger partial charge in [-0.1, -0.05) is 0 Å². The van der Waals surface area contributed by atoms with E-state index in [4.69, 9.17) is 4.74 Å². The number of hydrogen-bond acceptors (Lipinski definition) is 6. The molecule has 0 aromatic carbocycles. The molecule has 7 heteroatoms. The van der Waals surface area contributed by atoms with Crippen molar-refractivity contribution < 1.29 is 14.6 Å². The van der Waals surface area contributed by atoms with E-state index in [0.717, 1.165) is 10.2 Å². The van der Waals surface area contributed by atoms with E-state index in [1.54, 1.807) is 7.11 Å². The number of hydrogen-bond donors (Lipinski definition) is 2. The number of aromatic nitrogens is 2. The Hall–Kier alpha value is -1.73. The highest BCUT2D eigenvalue weighted by Crippen LogP contribution is 2.25. The average Bonchev–Trinajstić information content (AvgIpc) is 2.86. The Morgan fingerprint density at radius 2 is 2.42 bits per heavy atom. The van der Waals surface area contributed by atoms with Crippen LogP contribution < -0.4 is 5.32 Å². The number of ether oxygens (including phenoxy) is 1. The van der Waals surface area contributed by atoms with E-state index in [9.17, 15) is 9.90 Å². The smallest absolute Gasteiger partial charge is 0.326 e. The maximum atomic E-state index is 11.2. The van der Waals surface area contributed by atoms with Gasteiger partial charge in [-0.15, -0.1) is 11.3 Å². The fourth-order valence-electron chi connectivity index (χ4n) is 1.75. The van der Waals surface area contributed by atoms with Gasteiger partial charge in [-0.25, -0.2) is 14.8 Å². The van der Waals surface area contributed by atoms with E-state index in [-0.39, 0.29) is 0 Å². The summed E-state index contributed by atoms with van der Waals surface area (Å²) in [6.07, 6.45) is 2.60. The molecule has 0 saturated carbocycles. The van der Waals surface area contributed by atoms with Gasteiger partial charge in [-0.05, 0) is 24.3 Å². The van der Waals surface area contributed by atoms with Gasteiger partial charge in [0.1, 0.15) is 18.2 Å². The number of rotatable bonds is 7. The molecule has 0 aliphatic heterocycles. The van der Waals surface area contributed by atoms with Gasteiger partial charge < -0.3 is 15.2 Å². The predicted octanol–water partition coefficient (Wildman–Crippen LogP) is 1.98. The summed E-state index contributed by atoms with van der Waals surface area (Å²) in [5.74, 6) is -0.316. The SMILES string of the molecule is COCCCC(Nc1ncnc2ccsc12)C(=O)O. The van der Waals surface area contributed by atoms with Crippen LogP contribution in [0.3, 0.4) is 0 Å². The first-order chi connectivity index (χ1) is 9.22. The minimum absolute atomic E-state index is 0.486. The zero-order chi connectivity index (χ0) is 13.7. The summed E-state index contributed by atoms with van der Waals surface area (Å²) in [6, 6.07) is 1.21. The number of carboxylic acid groups (broad SMARTS) is 1. The predicted molar refractivity (Wildman–Crippen MR) is 73.6 cm³/mol. The highest BCUT2D eigenvalue weighted by molar-refractivity contribution is 7.17. The third-order valence-electron chi connectivity index (χ3n) is 2.69. The first-order valence-electron chi connectivity index (χ1n) is 5.89. The quantitative estimate of drug-likeness (QED) is 0.755. The van der Waals surface area contributed by atoms with E-state index < -0.39 is 12.0 Å². The second kappa shape index (κ2) is 6.44. The number of methoxy groups -OCH3 is 1. The minimum atomic E-state index is -0.889. The molecule has 19 heavy (non-hydrogen) atoms. The van der Waals surface area contributed by atoms with Crippen LogP contribution >= 0.6 is 11.3 Å². The van der Waals surface area contributed by atoms with Gasteiger partial charge in [0.15, 0.2) is 0 Å². The van der Waals surface area contributed by atoms with Crippen molar-refractivity contribution in [3.8, 4) is 0 Å². The average molecular weight is 281 g/mol. The summed E-state index contributed by atoms with van der Waals surface area (Å²) in [4.78, 5) is 19.5. The van der Waals surface area contributed by atoms with E-state index in [2.05, 4.69) is 15.3 Å². The van der Waals surface area contributed by atoms with Gasteiger partial charge in [0, 0.05) is 13.7 Å². The molecule has 6 nitrogen and oxygen atoms in total. The van der Waals surface area contributed by atoms with Crippen molar-refractivity contribution in [1.29, 1.82) is 0 Å². The van der Waals surface area contributed by atoms with Crippen LogP contribution in [0.4, 0.5) is 5.82 Å². The van der Waals surface area contributed by atoms with Gasteiger partial charge in [-0.3, -0.25) is 0 Å². The fourth-order valence-corrected chi connectivity index (χ4v) is 2.54. The molecular formula is C12H15N3O3S. The van der Waals surface area contributed by atoms with Crippen molar-refractivity contribution in [2.75, 3.05) is 19.0 Å². The van der Waals surface area contributed by atoms with E-state index in [1.165, 1.54) is 17.7 Å². The second-order valence-electron chi connectivity index (χ2n) is 4.03. The lowest BCUT2D eigenvalue weighted by Crippen LogP contribution is -2.30. The number of nitrogens with one attached hydrogen (secondary N) is 1. The van der Waals surface area contributed by atoms with E-state index in [1.807, 2.05) is 11.4 Å². The minimum Gasteiger partial charge on any atom is -0.480 e. The molecule has 2 N–H and O–H groups in total. The molecule has 2 heterocycles. The van der Waals surface area contributed by atoms with Crippen molar-refractivity contribution in [1.82, 2.24) is 9.97 Å². The standard InChI is InChI=1S/C12H15N3O3S/c1-18-5-2-3-9(12(16)17)15-11-10-8(4-6-19-10)13-7-14-11/h4,6-7,9H,2-3,5H2,1H3,(H,16,17)(H,13,14,15). The monoisotopic (exact) mass is 281 g/mol. The van der Waals surface area contributed by atoms with Gasteiger partial charge in [0.25, 0.3) is 0 Å². The third kappa shape index (κ3) is 3.39. The van der Waals surface area contributed by atoms with Crippen LogP contribution in [0.2, 0.25) is 0 Å². The lowest BCUT2D eigenvalue weighted by atomic mass is 10.1. The molecule has 1 atom stereocenters. The van der Waals surface area contributed by atoms with Crippen LogP contribution in [0.5, 0.6) is 0 Å². The Balaban J connectivity index is 2.12. The Kier molecular flexibility index (Phi) is 4.64. The normalized spacial score (nSPS) is 12.5. The summed E-state index contributed by atoms with van der Waals surface area (Å²) < 4.78 is 5.81. The molecule has 0 saturated heterocycles. The van der Waals surface area contributed by atoms with Crippen LogP contribution in [0.15, 0.2) is 17.8 Å². The van der Waals surface area contributed by atoms with Crippen LogP contribution in [0, 0.1) is 0 Å². The molecule has 2 aromatic heterocycles. The zero-order valence-corrected chi connectivity index (χ0v) is 11.3. The number of anilines is 1. The van der Waals surface area contributed by atoms with Crippen LogP contribution in [-0.4, -0.2) is 40.8 Å². The summed E-state index contributed by atoms with van der Waals surface area (Å²) >= 11 is 1.49. The molecule has 0 aliphatic rings. The lowest BCUT2D eigenvalue weighted by Gasteiger charge is -2.15. The molecule has 2 rings (SSSR count). The Morgan fingerprint density at radius 3 is 3.16 bits per heavy atom. The Morgan fingerprint density at radius 1 is 1.58 bits per heavy atom. The summed E-state index contributed by atoms with van der Waals surface area (Å²) in [5, 5.41) is 14.1. The molecule has 0 aliphatic carbocycles. The summed E-state index contributed by atoms with van der Waals surface area (Å²) in [6.45, 7) is 0.545. The van der Waals surface area contributed by atoms with Crippen molar-refractivity contribution in [3.05, 3.63) is 17.8 Å². The highest BCUT2D eigenvalue weighted by atomic mass is 32.1. The first-order valence-corrected chi connectivity index (χ1v) is 6.77. The van der Waals surface area contributed by atoms with Gasteiger partial charge in [-0.2, -0.15) is 0 Å². The molecule has 0 amide bonds. The largest absolute Gasteiger partial charge is 0.480 e. The number of fused-ring (bicyclic) bond motifs is 1. The number of carbonyl (C=O) groups is 1. The Bertz CT molecular complexity index is 558. The molecule has 0 bridgehead atoms. The third-order valence-corrected chi connectivity index (χ3v) is 3.60. The van der Waals surface area contributed by atoms with Crippen LogP contribution in [0.1, 0.15) is 12.8 Å². The number of thiophene rings is 1. The van der Waals surface area contributed by atoms with Gasteiger partial charge >= 0.3 is 5.97 Å². The molecule has 2 aromatic rings. The van der Waals surface area contributed by atoms with Crippen molar-refractivity contribution in [3.63, 3.8) is 0 Å². The van der Waals surface area contributed by atoms with Crippen LogP contribution in [0.25, 0.3) is 10.2 Å². The molecule has 102 valence electrons. The summed E-state index contributed by atoms with van der Waals surface area (Å²) in [5.41, 5.74) is 0.823. The van der Waals surface area contributed by atoms with Gasteiger partial charge in [0.2, 0.25) is 0 Å². The molecular weight excluding hydrogens is 266 g/mol. The maximum absolute atomic E-state index is 11.2. The molecule has 0 fully saturated rings. The number of aliphatic carboxylic acids is 1. The maximum Gasteiger partial charge on any atom is 0.326 e. The second-order valence-corrected chi connectivity index (χ2v) is 4.94.